The molecule has 0 aromatic carbocycles. The van der Waals surface area contributed by atoms with E-state index in [1.54, 1.807) is 22.9 Å². The molecule has 0 amide bonds. The summed E-state index contributed by atoms with van der Waals surface area (Å²) in [6.45, 7) is 0.159. The summed E-state index contributed by atoms with van der Waals surface area (Å²) in [7, 11) is 0. The van der Waals surface area contributed by atoms with Gasteiger partial charge in [0.05, 0.1) is 23.4 Å². The molecule has 3 heterocycles. The highest BCUT2D eigenvalue weighted by atomic mass is 19.4. The molecule has 1 unspecified atom stereocenters. The summed E-state index contributed by atoms with van der Waals surface area (Å²) in [5.74, 6) is 0.0125. The number of aromatic nitrogens is 4. The molecule has 3 aromatic rings. The quantitative estimate of drug-likeness (QED) is 0.571. The van der Waals surface area contributed by atoms with Gasteiger partial charge in [0.25, 0.3) is 5.56 Å². The molecule has 11 heteroatoms. The normalized spacial score (nSPS) is 20.7. The van der Waals surface area contributed by atoms with Crippen molar-refractivity contribution in [2.24, 2.45) is 5.92 Å². The van der Waals surface area contributed by atoms with E-state index in [0.29, 0.717) is 47.6 Å². The van der Waals surface area contributed by atoms with Gasteiger partial charge in [0.15, 0.2) is 0 Å². The molecule has 0 aliphatic heterocycles. The Bertz CT molecular complexity index is 1240. The Labute approximate surface area is 174 Å². The summed E-state index contributed by atoms with van der Waals surface area (Å²) < 4.78 is 40.5. The van der Waals surface area contributed by atoms with E-state index in [1.165, 1.54) is 6.20 Å². The van der Waals surface area contributed by atoms with Crippen LogP contribution in [0.15, 0.2) is 28.0 Å². The maximum Gasteiger partial charge on any atom is 0.404 e. The minimum Gasteiger partial charge on any atom is -0.346 e. The fraction of sp³-hybridized carbons (Fsp3) is 0.500. The first kappa shape index (κ1) is 21.1. The lowest BCUT2D eigenvalue weighted by molar-refractivity contribution is -0.155. The van der Waals surface area contributed by atoms with E-state index in [0.717, 1.165) is 0 Å². The zero-order valence-electron chi connectivity index (χ0n) is 16.5. The molecule has 1 aliphatic rings. The van der Waals surface area contributed by atoms with Gasteiger partial charge in [-0.15, -0.1) is 0 Å². The van der Waals surface area contributed by atoms with Gasteiger partial charge in [-0.3, -0.25) is 14.3 Å². The number of hydrogen-bond acceptors (Lipinski definition) is 5. The van der Waals surface area contributed by atoms with Crippen LogP contribution in [-0.2, 0) is 0 Å². The number of hydrogen-bond donors (Lipinski definition) is 3. The van der Waals surface area contributed by atoms with Crippen LogP contribution in [-0.4, -0.2) is 38.3 Å². The molecule has 1 aliphatic carbocycles. The fourth-order valence-corrected chi connectivity index (χ4v) is 4.41. The van der Waals surface area contributed by atoms with Crippen LogP contribution in [0.2, 0.25) is 0 Å². The number of fused-ring (bicyclic) bond motifs is 3. The van der Waals surface area contributed by atoms with Crippen molar-refractivity contribution < 1.29 is 13.2 Å². The van der Waals surface area contributed by atoms with Gasteiger partial charge >= 0.3 is 11.9 Å². The molecular formula is C20H21F3N6O2. The van der Waals surface area contributed by atoms with Crippen molar-refractivity contribution in [1.82, 2.24) is 24.8 Å². The molecule has 0 radical (unpaired) electrons. The number of nitrogens with zero attached hydrogens (tertiary/aromatic N) is 3. The number of H-pyrrole nitrogens is 2. The highest BCUT2D eigenvalue weighted by molar-refractivity contribution is 6.01. The average Bonchev–Trinajstić information content (AvgIpc) is 3.20. The monoisotopic (exact) mass is 434 g/mol. The SMILES string of the molecule is N#CCC(NCC1CCC(n2c(=O)[nH]c(=O)c3cnc4[nH]ccc4c32)CC1)C(F)(F)F. The van der Waals surface area contributed by atoms with Gasteiger partial charge in [-0.25, -0.2) is 9.78 Å². The van der Waals surface area contributed by atoms with Gasteiger partial charge in [-0.2, -0.15) is 18.4 Å². The van der Waals surface area contributed by atoms with Crippen LogP contribution in [0.25, 0.3) is 21.9 Å². The van der Waals surface area contributed by atoms with Gasteiger partial charge in [-0.05, 0) is 44.2 Å². The molecule has 1 saturated carbocycles. The topological polar surface area (TPSA) is 119 Å². The van der Waals surface area contributed by atoms with Crippen molar-refractivity contribution in [3.63, 3.8) is 0 Å². The molecule has 31 heavy (non-hydrogen) atoms. The average molecular weight is 434 g/mol. The number of nitriles is 1. The van der Waals surface area contributed by atoms with Crippen LogP contribution in [0.4, 0.5) is 13.2 Å². The number of rotatable bonds is 5. The third kappa shape index (κ3) is 4.07. The van der Waals surface area contributed by atoms with Gasteiger partial charge in [0.2, 0.25) is 0 Å². The third-order valence-corrected chi connectivity index (χ3v) is 6.01. The minimum atomic E-state index is -4.47. The second kappa shape index (κ2) is 8.19. The van der Waals surface area contributed by atoms with E-state index in [1.807, 2.05) is 0 Å². The van der Waals surface area contributed by atoms with Gasteiger partial charge in [0.1, 0.15) is 11.7 Å². The van der Waals surface area contributed by atoms with Crippen molar-refractivity contribution in [2.45, 2.75) is 50.4 Å². The summed E-state index contributed by atoms with van der Waals surface area (Å²) >= 11 is 0. The molecular weight excluding hydrogens is 413 g/mol. The summed E-state index contributed by atoms with van der Waals surface area (Å²) in [5.41, 5.74) is 0.0897. The summed E-state index contributed by atoms with van der Waals surface area (Å²) in [5, 5.41) is 12.1. The first-order chi connectivity index (χ1) is 14.8. The molecule has 4 rings (SSSR count). The molecule has 0 bridgehead atoms. The maximum absolute atomic E-state index is 13.0. The Kier molecular flexibility index (Phi) is 5.58. The lowest BCUT2D eigenvalue weighted by atomic mass is 9.85. The standard InChI is InChI=1S/C20H21F3N6O2/c21-20(22,23)15(5-7-24)26-9-11-1-3-12(4-2-11)29-16-13-6-8-25-17(13)27-10-14(16)18(30)28-19(29)31/h6,8,10-12,15,26H,1-5,9H2,(H,25,27)(H,28,30,31). The van der Waals surface area contributed by atoms with Crippen molar-refractivity contribution in [3.8, 4) is 6.07 Å². The second-order valence-electron chi connectivity index (χ2n) is 7.93. The molecule has 1 atom stereocenters. The lowest BCUT2D eigenvalue weighted by Gasteiger charge is -2.31. The number of pyridine rings is 1. The van der Waals surface area contributed by atoms with Gasteiger partial charge in [-0.1, -0.05) is 0 Å². The van der Waals surface area contributed by atoms with Crippen molar-refractivity contribution >= 4 is 21.9 Å². The largest absolute Gasteiger partial charge is 0.404 e. The van der Waals surface area contributed by atoms with Crippen molar-refractivity contribution in [2.75, 3.05) is 6.54 Å². The second-order valence-corrected chi connectivity index (χ2v) is 7.93. The molecule has 8 nitrogen and oxygen atoms in total. The van der Waals surface area contributed by atoms with E-state index in [2.05, 4.69) is 20.3 Å². The molecule has 3 N–H and O–H groups in total. The van der Waals surface area contributed by atoms with Crippen molar-refractivity contribution in [1.29, 1.82) is 5.26 Å². The fourth-order valence-electron chi connectivity index (χ4n) is 4.41. The van der Waals surface area contributed by atoms with Gasteiger partial charge in [0, 0.05) is 23.8 Å². The molecule has 1 fully saturated rings. The van der Waals surface area contributed by atoms with Gasteiger partial charge < -0.3 is 10.3 Å². The zero-order chi connectivity index (χ0) is 22.2. The Hall–Kier alpha value is -3.13. The Morgan fingerprint density at radius 3 is 2.68 bits per heavy atom. The van der Waals surface area contributed by atoms with Crippen LogP contribution in [0.3, 0.4) is 0 Å². The molecule has 0 spiro atoms. The van der Waals surface area contributed by atoms with E-state index < -0.39 is 29.9 Å². The van der Waals surface area contributed by atoms with Crippen molar-refractivity contribution in [3.05, 3.63) is 39.3 Å². The van der Waals surface area contributed by atoms with E-state index >= 15 is 0 Å². The Morgan fingerprint density at radius 2 is 2.00 bits per heavy atom. The molecule has 0 saturated heterocycles. The predicted octanol–water partition coefficient (Wildman–Crippen LogP) is 2.73. The number of halogens is 3. The van der Waals surface area contributed by atoms with Crippen LogP contribution in [0.1, 0.15) is 38.1 Å². The Morgan fingerprint density at radius 1 is 1.26 bits per heavy atom. The number of aromatic amines is 2. The van der Waals surface area contributed by atoms with Crippen LogP contribution in [0.5, 0.6) is 0 Å². The number of nitrogens with one attached hydrogen (secondary N) is 3. The van der Waals surface area contributed by atoms with E-state index in [-0.39, 0.29) is 18.5 Å². The van der Waals surface area contributed by atoms with Crippen LogP contribution in [0, 0.1) is 17.2 Å². The highest BCUT2D eigenvalue weighted by Crippen LogP contribution is 2.34. The third-order valence-electron chi connectivity index (χ3n) is 6.01. The van der Waals surface area contributed by atoms with Crippen LogP contribution < -0.4 is 16.6 Å². The molecule has 3 aromatic heterocycles. The smallest absolute Gasteiger partial charge is 0.346 e. The summed E-state index contributed by atoms with van der Waals surface area (Å²) in [6, 6.07) is 1.32. The summed E-state index contributed by atoms with van der Waals surface area (Å²) in [4.78, 5) is 34.5. The zero-order valence-corrected chi connectivity index (χ0v) is 16.5. The Balaban J connectivity index is 1.55. The highest BCUT2D eigenvalue weighted by Gasteiger charge is 2.39. The minimum absolute atomic E-state index is 0.0125. The molecule has 164 valence electrons. The maximum atomic E-state index is 13.0. The first-order valence-electron chi connectivity index (χ1n) is 10.1. The number of alkyl halides is 3. The van der Waals surface area contributed by atoms with E-state index in [4.69, 9.17) is 5.26 Å². The summed E-state index contributed by atoms with van der Waals surface area (Å²) in [6.07, 6.45) is 0.474. The predicted molar refractivity (Wildman–Crippen MR) is 108 cm³/mol. The first-order valence-corrected chi connectivity index (χ1v) is 10.1. The lowest BCUT2D eigenvalue weighted by Crippen LogP contribution is -2.44. The van der Waals surface area contributed by atoms with Crippen LogP contribution >= 0.6 is 0 Å². The van der Waals surface area contributed by atoms with E-state index in [9.17, 15) is 22.8 Å².